The molecule has 2 aromatic heterocycles. The van der Waals surface area contributed by atoms with Gasteiger partial charge in [-0.2, -0.15) is 0 Å². The highest BCUT2D eigenvalue weighted by atomic mass is 15.1. The van der Waals surface area contributed by atoms with Gasteiger partial charge in [0.05, 0.1) is 5.69 Å². The second kappa shape index (κ2) is 8.24. The Morgan fingerprint density at radius 3 is 2.58 bits per heavy atom. The van der Waals surface area contributed by atoms with Crippen molar-refractivity contribution < 1.29 is 0 Å². The van der Waals surface area contributed by atoms with Crippen LogP contribution < -0.4 is 0 Å². The molecule has 1 aromatic carbocycles. The van der Waals surface area contributed by atoms with E-state index in [1.54, 1.807) is 0 Å². The molecular weight excluding hydrogens is 318 g/mol. The van der Waals surface area contributed by atoms with E-state index >= 15 is 0 Å². The monoisotopic (exact) mass is 343 g/mol. The lowest BCUT2D eigenvalue weighted by atomic mass is 9.93. The molecule has 0 unspecified atom stereocenters. The summed E-state index contributed by atoms with van der Waals surface area (Å²) in [7, 11) is 0. The minimum atomic E-state index is 0.517. The van der Waals surface area contributed by atoms with E-state index < -0.39 is 0 Å². The predicted molar refractivity (Wildman–Crippen MR) is 105 cm³/mol. The first-order valence-corrected chi connectivity index (χ1v) is 9.49. The third kappa shape index (κ3) is 4.36. The molecule has 1 aliphatic rings. The van der Waals surface area contributed by atoms with Gasteiger partial charge in [-0.1, -0.05) is 42.5 Å². The van der Waals surface area contributed by atoms with Crippen LogP contribution in [0.5, 0.6) is 0 Å². The second-order valence-electron chi connectivity index (χ2n) is 7.11. The standard InChI is InChI=1S/C23H25N3/c1-2-8-19(9-3-1)16-21-12-6-13-23(25-21)20-10-7-15-26(17-20)18-22-11-4-5-14-24-22/h1-6,8-9,11-14,20H,7,10,15-18H2/t20-/m1/s1. The fraction of sp³-hybridized carbons (Fsp3) is 0.304. The van der Waals surface area contributed by atoms with Crippen molar-refractivity contribution in [1.29, 1.82) is 0 Å². The van der Waals surface area contributed by atoms with Gasteiger partial charge in [-0.05, 0) is 49.2 Å². The molecular formula is C23H25N3. The molecule has 0 aliphatic carbocycles. The van der Waals surface area contributed by atoms with Crippen LogP contribution in [0, 0.1) is 0 Å². The average molecular weight is 343 g/mol. The van der Waals surface area contributed by atoms with Gasteiger partial charge in [0.2, 0.25) is 0 Å². The Balaban J connectivity index is 1.44. The van der Waals surface area contributed by atoms with Gasteiger partial charge in [-0.15, -0.1) is 0 Å². The first-order valence-electron chi connectivity index (χ1n) is 9.49. The van der Waals surface area contributed by atoms with Crippen LogP contribution >= 0.6 is 0 Å². The lowest BCUT2D eigenvalue weighted by Gasteiger charge is -2.32. The van der Waals surface area contributed by atoms with Crippen LogP contribution in [0.25, 0.3) is 0 Å². The normalized spacial score (nSPS) is 17.9. The Bertz CT molecular complexity index is 817. The summed E-state index contributed by atoms with van der Waals surface area (Å²) < 4.78 is 0. The van der Waals surface area contributed by atoms with Gasteiger partial charge in [-0.3, -0.25) is 14.9 Å². The minimum Gasteiger partial charge on any atom is -0.297 e. The molecule has 3 aromatic rings. The summed E-state index contributed by atoms with van der Waals surface area (Å²) in [6, 6.07) is 23.3. The largest absolute Gasteiger partial charge is 0.297 e. The van der Waals surface area contributed by atoms with Crippen molar-refractivity contribution in [2.45, 2.75) is 31.7 Å². The maximum absolute atomic E-state index is 4.99. The Kier molecular flexibility index (Phi) is 5.36. The van der Waals surface area contributed by atoms with E-state index in [4.69, 9.17) is 4.98 Å². The molecule has 0 bridgehead atoms. The van der Waals surface area contributed by atoms with Crippen LogP contribution in [-0.4, -0.2) is 28.0 Å². The topological polar surface area (TPSA) is 29.0 Å². The van der Waals surface area contributed by atoms with Crippen molar-refractivity contribution in [1.82, 2.24) is 14.9 Å². The summed E-state index contributed by atoms with van der Waals surface area (Å²) in [5, 5.41) is 0. The Labute approximate surface area is 155 Å². The second-order valence-corrected chi connectivity index (χ2v) is 7.11. The van der Waals surface area contributed by atoms with Crippen LogP contribution in [0.15, 0.2) is 72.9 Å². The number of piperidine rings is 1. The number of hydrogen-bond acceptors (Lipinski definition) is 3. The van der Waals surface area contributed by atoms with Crippen molar-refractivity contribution in [3.63, 3.8) is 0 Å². The molecule has 4 rings (SSSR count). The van der Waals surface area contributed by atoms with Gasteiger partial charge < -0.3 is 0 Å². The molecule has 1 saturated heterocycles. The van der Waals surface area contributed by atoms with E-state index in [-0.39, 0.29) is 0 Å². The zero-order chi connectivity index (χ0) is 17.6. The van der Waals surface area contributed by atoms with E-state index in [0.29, 0.717) is 5.92 Å². The summed E-state index contributed by atoms with van der Waals surface area (Å²) in [5.74, 6) is 0.517. The summed E-state index contributed by atoms with van der Waals surface area (Å²) in [4.78, 5) is 12.0. The van der Waals surface area contributed by atoms with Crippen LogP contribution in [0.2, 0.25) is 0 Å². The predicted octanol–water partition coefficient (Wildman–Crippen LogP) is 4.45. The molecule has 0 amide bonds. The fourth-order valence-electron chi connectivity index (χ4n) is 3.79. The van der Waals surface area contributed by atoms with Gasteiger partial charge in [-0.25, -0.2) is 0 Å². The van der Waals surface area contributed by atoms with Crippen molar-refractivity contribution in [3.8, 4) is 0 Å². The molecule has 1 fully saturated rings. The van der Waals surface area contributed by atoms with E-state index in [1.165, 1.54) is 24.1 Å². The van der Waals surface area contributed by atoms with Crippen molar-refractivity contribution in [3.05, 3.63) is 95.6 Å². The van der Waals surface area contributed by atoms with E-state index in [2.05, 4.69) is 70.5 Å². The Morgan fingerprint density at radius 1 is 0.885 bits per heavy atom. The molecule has 0 radical (unpaired) electrons. The number of rotatable bonds is 5. The van der Waals surface area contributed by atoms with Crippen LogP contribution in [0.1, 0.15) is 41.4 Å². The summed E-state index contributed by atoms with van der Waals surface area (Å²) in [6.45, 7) is 3.15. The molecule has 0 spiro atoms. The molecule has 0 N–H and O–H groups in total. The third-order valence-corrected chi connectivity index (χ3v) is 5.09. The first-order chi connectivity index (χ1) is 12.9. The average Bonchev–Trinajstić information content (AvgIpc) is 2.70. The molecule has 3 heterocycles. The number of aromatic nitrogens is 2. The quantitative estimate of drug-likeness (QED) is 0.685. The SMILES string of the molecule is c1ccc(Cc2cccc([C@@H]3CCCN(Cc4ccccn4)C3)n2)cc1. The Hall–Kier alpha value is -2.52. The molecule has 3 heteroatoms. The minimum absolute atomic E-state index is 0.517. The van der Waals surface area contributed by atoms with E-state index in [9.17, 15) is 0 Å². The van der Waals surface area contributed by atoms with Crippen molar-refractivity contribution in [2.24, 2.45) is 0 Å². The van der Waals surface area contributed by atoms with Crippen molar-refractivity contribution in [2.75, 3.05) is 13.1 Å². The molecule has 1 aliphatic heterocycles. The maximum Gasteiger partial charge on any atom is 0.0543 e. The number of nitrogens with zero attached hydrogens (tertiary/aromatic N) is 3. The van der Waals surface area contributed by atoms with Gasteiger partial charge in [0.25, 0.3) is 0 Å². The van der Waals surface area contributed by atoms with Gasteiger partial charge in [0, 0.05) is 43.0 Å². The van der Waals surface area contributed by atoms with Gasteiger partial charge in [0.1, 0.15) is 0 Å². The number of benzene rings is 1. The molecule has 1 atom stereocenters. The molecule has 132 valence electrons. The third-order valence-electron chi connectivity index (χ3n) is 5.09. The lowest BCUT2D eigenvalue weighted by Crippen LogP contribution is -2.34. The highest BCUT2D eigenvalue weighted by Crippen LogP contribution is 2.26. The first kappa shape index (κ1) is 16.9. The number of pyridine rings is 2. The van der Waals surface area contributed by atoms with Gasteiger partial charge in [0.15, 0.2) is 0 Å². The molecule has 0 saturated carbocycles. The van der Waals surface area contributed by atoms with Crippen LogP contribution in [-0.2, 0) is 13.0 Å². The summed E-state index contributed by atoms with van der Waals surface area (Å²) in [5.41, 5.74) is 4.87. The number of hydrogen-bond donors (Lipinski definition) is 0. The highest BCUT2D eigenvalue weighted by molar-refractivity contribution is 5.24. The van der Waals surface area contributed by atoms with E-state index in [0.717, 1.165) is 37.4 Å². The van der Waals surface area contributed by atoms with E-state index in [1.807, 2.05) is 12.3 Å². The smallest absolute Gasteiger partial charge is 0.0543 e. The molecule has 3 nitrogen and oxygen atoms in total. The zero-order valence-corrected chi connectivity index (χ0v) is 15.1. The number of likely N-dealkylation sites (tertiary alicyclic amines) is 1. The summed E-state index contributed by atoms with van der Waals surface area (Å²) in [6.07, 6.45) is 5.23. The van der Waals surface area contributed by atoms with Crippen molar-refractivity contribution >= 4 is 0 Å². The van der Waals surface area contributed by atoms with Crippen LogP contribution in [0.4, 0.5) is 0 Å². The summed E-state index contributed by atoms with van der Waals surface area (Å²) >= 11 is 0. The maximum atomic E-state index is 4.99. The molecule has 26 heavy (non-hydrogen) atoms. The van der Waals surface area contributed by atoms with Crippen LogP contribution in [0.3, 0.4) is 0 Å². The fourth-order valence-corrected chi connectivity index (χ4v) is 3.79. The lowest BCUT2D eigenvalue weighted by molar-refractivity contribution is 0.196. The van der Waals surface area contributed by atoms with Gasteiger partial charge >= 0.3 is 0 Å². The zero-order valence-electron chi connectivity index (χ0n) is 15.1. The highest BCUT2D eigenvalue weighted by Gasteiger charge is 2.22. The Morgan fingerprint density at radius 2 is 1.73 bits per heavy atom.